The van der Waals surface area contributed by atoms with Crippen LogP contribution in [0.3, 0.4) is 0 Å². The van der Waals surface area contributed by atoms with E-state index in [1.807, 2.05) is 14.0 Å². The molecule has 0 spiro atoms. The van der Waals surface area contributed by atoms with E-state index in [1.54, 1.807) is 0 Å². The molecular weight excluding hydrogens is 164 g/mol. The number of aliphatic hydroxyl groups excluding tert-OH is 1. The molecule has 3 heteroatoms. The summed E-state index contributed by atoms with van der Waals surface area (Å²) in [6.45, 7) is 2.27. The van der Waals surface area contributed by atoms with Crippen LogP contribution >= 0.6 is 0 Å². The summed E-state index contributed by atoms with van der Waals surface area (Å²) in [7, 11) is 2.04. The minimum atomic E-state index is 0.242. The van der Waals surface area contributed by atoms with Crippen molar-refractivity contribution >= 4 is 0 Å². The minimum Gasteiger partial charge on any atom is -0.395 e. The second-order valence-electron chi connectivity index (χ2n) is 4.09. The number of nitrogens with one attached hydrogen (secondary N) is 2. The third kappa shape index (κ3) is 3.63. The molecule has 1 aliphatic rings. The van der Waals surface area contributed by atoms with Crippen molar-refractivity contribution in [2.24, 2.45) is 0 Å². The van der Waals surface area contributed by atoms with Gasteiger partial charge in [0.15, 0.2) is 0 Å². The molecule has 13 heavy (non-hydrogen) atoms. The van der Waals surface area contributed by atoms with Gasteiger partial charge in [-0.2, -0.15) is 0 Å². The second kappa shape index (κ2) is 5.58. The smallest absolute Gasteiger partial charge is 0.0582 e. The predicted molar refractivity (Wildman–Crippen MR) is 54.8 cm³/mol. The molecule has 1 rings (SSSR count). The molecule has 3 nitrogen and oxygen atoms in total. The van der Waals surface area contributed by atoms with Crippen molar-refractivity contribution in [3.8, 4) is 0 Å². The topological polar surface area (TPSA) is 44.3 Å². The summed E-state index contributed by atoms with van der Waals surface area (Å²) < 4.78 is 0. The summed E-state index contributed by atoms with van der Waals surface area (Å²) in [5.41, 5.74) is 0. The van der Waals surface area contributed by atoms with E-state index in [4.69, 9.17) is 5.11 Å². The van der Waals surface area contributed by atoms with E-state index in [0.717, 1.165) is 0 Å². The zero-order valence-electron chi connectivity index (χ0n) is 8.71. The third-order valence-corrected chi connectivity index (χ3v) is 2.93. The molecule has 0 bridgehead atoms. The van der Waals surface area contributed by atoms with E-state index in [9.17, 15) is 0 Å². The molecule has 0 aromatic heterocycles. The second-order valence-corrected chi connectivity index (χ2v) is 4.09. The predicted octanol–water partition coefficient (Wildman–Crippen LogP) is 0.487. The summed E-state index contributed by atoms with van der Waals surface area (Å²) in [4.78, 5) is 0. The first kappa shape index (κ1) is 11.0. The lowest BCUT2D eigenvalue weighted by molar-refractivity contribution is 0.221. The first-order valence-electron chi connectivity index (χ1n) is 5.30. The summed E-state index contributed by atoms with van der Waals surface area (Å²) in [6, 6.07) is 1.57. The van der Waals surface area contributed by atoms with Crippen LogP contribution in [0.25, 0.3) is 0 Å². The molecule has 3 N–H and O–H groups in total. The fourth-order valence-electron chi connectivity index (χ4n) is 2.00. The molecule has 0 aromatic carbocycles. The van der Waals surface area contributed by atoms with Gasteiger partial charge in [0, 0.05) is 18.1 Å². The fraction of sp³-hybridized carbons (Fsp3) is 1.00. The van der Waals surface area contributed by atoms with E-state index < -0.39 is 0 Å². The standard InChI is InChI=1S/C10H22N2O/c1-8(7-13)12-10-5-3-9(11-2)4-6-10/h8-13H,3-7H2,1-2H3. The van der Waals surface area contributed by atoms with Crippen molar-refractivity contribution < 1.29 is 5.11 Å². The highest BCUT2D eigenvalue weighted by molar-refractivity contribution is 4.81. The number of hydrogen-bond donors (Lipinski definition) is 3. The van der Waals surface area contributed by atoms with Crippen LogP contribution in [0, 0.1) is 0 Å². The van der Waals surface area contributed by atoms with E-state index in [2.05, 4.69) is 10.6 Å². The molecule has 0 saturated heterocycles. The van der Waals surface area contributed by atoms with E-state index in [-0.39, 0.29) is 12.6 Å². The fourth-order valence-corrected chi connectivity index (χ4v) is 2.00. The quantitative estimate of drug-likeness (QED) is 0.598. The van der Waals surface area contributed by atoms with E-state index in [1.165, 1.54) is 25.7 Å². The minimum absolute atomic E-state index is 0.242. The zero-order chi connectivity index (χ0) is 9.68. The van der Waals surface area contributed by atoms with E-state index in [0.29, 0.717) is 12.1 Å². The monoisotopic (exact) mass is 186 g/mol. The number of aliphatic hydroxyl groups is 1. The number of rotatable bonds is 4. The normalized spacial score (nSPS) is 31.6. The largest absolute Gasteiger partial charge is 0.395 e. The Morgan fingerprint density at radius 2 is 1.77 bits per heavy atom. The first-order chi connectivity index (χ1) is 6.26. The maximum Gasteiger partial charge on any atom is 0.0582 e. The summed E-state index contributed by atoms with van der Waals surface area (Å²) >= 11 is 0. The molecule has 1 atom stereocenters. The Balaban J connectivity index is 2.17. The average Bonchev–Trinajstić information content (AvgIpc) is 2.19. The molecule has 78 valence electrons. The van der Waals surface area contributed by atoms with Gasteiger partial charge in [-0.15, -0.1) is 0 Å². The van der Waals surface area contributed by atoms with Crippen LogP contribution in [0.2, 0.25) is 0 Å². The Hall–Kier alpha value is -0.120. The van der Waals surface area contributed by atoms with Gasteiger partial charge in [0.25, 0.3) is 0 Å². The van der Waals surface area contributed by atoms with Crippen molar-refractivity contribution in [3.05, 3.63) is 0 Å². The van der Waals surface area contributed by atoms with Gasteiger partial charge >= 0.3 is 0 Å². The van der Waals surface area contributed by atoms with Crippen molar-refractivity contribution in [1.29, 1.82) is 0 Å². The Labute approximate surface area is 80.9 Å². The molecule has 1 fully saturated rings. The molecule has 0 aromatic rings. The summed E-state index contributed by atoms with van der Waals surface area (Å²) in [5, 5.41) is 15.6. The molecule has 0 aliphatic heterocycles. The van der Waals surface area contributed by atoms with Crippen LogP contribution in [0.1, 0.15) is 32.6 Å². The third-order valence-electron chi connectivity index (χ3n) is 2.93. The van der Waals surface area contributed by atoms with Crippen LogP contribution in [-0.4, -0.2) is 36.9 Å². The maximum atomic E-state index is 8.89. The van der Waals surface area contributed by atoms with Crippen LogP contribution < -0.4 is 10.6 Å². The van der Waals surface area contributed by atoms with Gasteiger partial charge in [0.2, 0.25) is 0 Å². The van der Waals surface area contributed by atoms with Gasteiger partial charge in [-0.05, 0) is 39.7 Å². The lowest BCUT2D eigenvalue weighted by atomic mass is 9.91. The molecule has 1 unspecified atom stereocenters. The van der Waals surface area contributed by atoms with Crippen molar-refractivity contribution in [1.82, 2.24) is 10.6 Å². The van der Waals surface area contributed by atoms with Crippen LogP contribution in [0.4, 0.5) is 0 Å². The number of hydrogen-bond acceptors (Lipinski definition) is 3. The van der Waals surface area contributed by atoms with Crippen LogP contribution in [0.5, 0.6) is 0 Å². The van der Waals surface area contributed by atoms with Crippen molar-refractivity contribution in [2.45, 2.75) is 50.7 Å². The zero-order valence-corrected chi connectivity index (χ0v) is 8.71. The highest BCUT2D eigenvalue weighted by Crippen LogP contribution is 2.18. The Kier molecular flexibility index (Phi) is 4.70. The maximum absolute atomic E-state index is 8.89. The molecule has 1 aliphatic carbocycles. The molecule has 0 amide bonds. The summed E-state index contributed by atoms with van der Waals surface area (Å²) in [5.74, 6) is 0. The van der Waals surface area contributed by atoms with Crippen molar-refractivity contribution in [2.75, 3.05) is 13.7 Å². The van der Waals surface area contributed by atoms with Gasteiger partial charge in [0.05, 0.1) is 6.61 Å². The Bertz CT molecular complexity index is 133. The van der Waals surface area contributed by atoms with Crippen molar-refractivity contribution in [3.63, 3.8) is 0 Å². The Morgan fingerprint density at radius 1 is 1.23 bits per heavy atom. The Morgan fingerprint density at radius 3 is 2.23 bits per heavy atom. The lowest BCUT2D eigenvalue weighted by Gasteiger charge is -2.30. The van der Waals surface area contributed by atoms with Gasteiger partial charge in [-0.25, -0.2) is 0 Å². The summed E-state index contributed by atoms with van der Waals surface area (Å²) in [6.07, 6.45) is 4.98. The lowest BCUT2D eigenvalue weighted by Crippen LogP contribution is -2.43. The van der Waals surface area contributed by atoms with Gasteiger partial charge < -0.3 is 15.7 Å². The highest BCUT2D eigenvalue weighted by Gasteiger charge is 2.20. The van der Waals surface area contributed by atoms with Gasteiger partial charge in [0.1, 0.15) is 0 Å². The molecule has 0 heterocycles. The SMILES string of the molecule is CNC1CCC(NC(C)CO)CC1. The van der Waals surface area contributed by atoms with Crippen LogP contribution in [-0.2, 0) is 0 Å². The first-order valence-corrected chi connectivity index (χ1v) is 5.30. The molecular formula is C10H22N2O. The molecule has 0 radical (unpaired) electrons. The van der Waals surface area contributed by atoms with Gasteiger partial charge in [-0.1, -0.05) is 0 Å². The molecule has 1 saturated carbocycles. The average molecular weight is 186 g/mol. The highest BCUT2D eigenvalue weighted by atomic mass is 16.3. The van der Waals surface area contributed by atoms with Crippen LogP contribution in [0.15, 0.2) is 0 Å². The van der Waals surface area contributed by atoms with E-state index >= 15 is 0 Å². The van der Waals surface area contributed by atoms with Gasteiger partial charge in [-0.3, -0.25) is 0 Å².